The number of nitrogens with zero attached hydrogens (tertiary/aromatic N) is 5. The molecule has 0 amide bonds. The highest BCUT2D eigenvalue weighted by atomic mass is 35.5. The quantitative estimate of drug-likeness (QED) is 0.609. The third-order valence-electron chi connectivity index (χ3n) is 5.41. The topological polar surface area (TPSA) is 77.9 Å². The number of para-hydroxylation sites is 1. The van der Waals surface area contributed by atoms with Crippen LogP contribution in [-0.2, 0) is 4.74 Å². The Hall–Kier alpha value is -3.36. The Labute approximate surface area is 191 Å². The number of rotatable bonds is 5. The van der Waals surface area contributed by atoms with E-state index in [4.69, 9.17) is 16.3 Å². The number of hydrogen-bond donors (Lipinski definition) is 2. The maximum Gasteiger partial charge on any atom is 0.204 e. The second-order valence-corrected chi connectivity index (χ2v) is 7.90. The molecule has 0 atom stereocenters. The predicted octanol–water partition coefficient (Wildman–Crippen LogP) is 4.00. The van der Waals surface area contributed by atoms with E-state index in [1.807, 2.05) is 35.2 Å². The Morgan fingerprint density at radius 3 is 2.53 bits per heavy atom. The predicted molar refractivity (Wildman–Crippen MR) is 130 cm³/mol. The van der Waals surface area contributed by atoms with Crippen LogP contribution in [-0.4, -0.2) is 55.3 Å². The SMILES string of the molecule is Clc1ccccc1NC1=NCCN1c1cc(Nc2ccc(N3CCOCC3)cc2)ncn1. The van der Waals surface area contributed by atoms with Crippen molar-refractivity contribution in [3.8, 4) is 0 Å². The van der Waals surface area contributed by atoms with Gasteiger partial charge in [0.2, 0.25) is 5.96 Å². The normalized spacial score (nSPS) is 16.1. The van der Waals surface area contributed by atoms with Gasteiger partial charge in [0.15, 0.2) is 0 Å². The molecule has 0 unspecified atom stereocenters. The van der Waals surface area contributed by atoms with Crippen LogP contribution in [0.4, 0.5) is 28.7 Å². The lowest BCUT2D eigenvalue weighted by atomic mass is 10.2. The minimum absolute atomic E-state index is 0.646. The number of anilines is 5. The highest BCUT2D eigenvalue weighted by molar-refractivity contribution is 6.33. The lowest BCUT2D eigenvalue weighted by Gasteiger charge is -2.28. The van der Waals surface area contributed by atoms with Gasteiger partial charge < -0.3 is 20.3 Å². The summed E-state index contributed by atoms with van der Waals surface area (Å²) in [6.45, 7) is 4.81. The van der Waals surface area contributed by atoms with Crippen LogP contribution in [0.25, 0.3) is 0 Å². The number of hydrogen-bond acceptors (Lipinski definition) is 8. The fourth-order valence-electron chi connectivity index (χ4n) is 3.75. The van der Waals surface area contributed by atoms with Crippen LogP contribution in [0.3, 0.4) is 0 Å². The Bertz CT molecular complexity index is 1100. The summed E-state index contributed by atoms with van der Waals surface area (Å²) < 4.78 is 5.43. The van der Waals surface area contributed by atoms with Crippen LogP contribution < -0.4 is 20.4 Å². The number of aromatic nitrogens is 2. The van der Waals surface area contributed by atoms with E-state index in [-0.39, 0.29) is 0 Å². The van der Waals surface area contributed by atoms with Gasteiger partial charge in [0.05, 0.1) is 30.5 Å². The molecule has 1 fully saturated rings. The zero-order valence-electron chi connectivity index (χ0n) is 17.5. The van der Waals surface area contributed by atoms with Gasteiger partial charge in [-0.25, -0.2) is 9.97 Å². The number of guanidine groups is 1. The molecule has 1 aromatic heterocycles. The maximum atomic E-state index is 6.29. The van der Waals surface area contributed by atoms with Crippen molar-refractivity contribution in [1.29, 1.82) is 0 Å². The van der Waals surface area contributed by atoms with Crippen molar-refractivity contribution in [2.45, 2.75) is 0 Å². The van der Waals surface area contributed by atoms with E-state index in [1.54, 1.807) is 6.33 Å². The third-order valence-corrected chi connectivity index (χ3v) is 5.74. The number of aliphatic imine (C=N–C) groups is 1. The fraction of sp³-hybridized carbons (Fsp3) is 0.261. The molecule has 0 radical (unpaired) electrons. The van der Waals surface area contributed by atoms with Gasteiger partial charge in [0, 0.05) is 37.1 Å². The molecule has 0 aliphatic carbocycles. The molecule has 2 aliphatic rings. The smallest absolute Gasteiger partial charge is 0.204 e. The molecule has 2 N–H and O–H groups in total. The summed E-state index contributed by atoms with van der Waals surface area (Å²) in [5, 5.41) is 7.33. The first kappa shape index (κ1) is 20.5. The lowest BCUT2D eigenvalue weighted by Crippen LogP contribution is -2.36. The molecule has 32 heavy (non-hydrogen) atoms. The molecule has 164 valence electrons. The average molecular weight is 450 g/mol. The second kappa shape index (κ2) is 9.42. The first-order chi connectivity index (χ1) is 15.8. The molecular formula is C23H24ClN7O. The van der Waals surface area contributed by atoms with Crippen molar-refractivity contribution < 1.29 is 4.74 Å². The Balaban J connectivity index is 1.28. The van der Waals surface area contributed by atoms with Gasteiger partial charge in [-0.05, 0) is 36.4 Å². The summed E-state index contributed by atoms with van der Waals surface area (Å²) in [5.74, 6) is 2.21. The van der Waals surface area contributed by atoms with Gasteiger partial charge in [-0.1, -0.05) is 23.7 Å². The minimum atomic E-state index is 0.646. The van der Waals surface area contributed by atoms with Crippen LogP contribution in [0.1, 0.15) is 0 Å². The standard InChI is InChI=1S/C23H24ClN7O/c24-19-3-1-2-4-20(19)29-23-25-9-10-31(23)22-15-21(26-16-27-22)28-17-5-7-18(8-6-17)30-11-13-32-14-12-30/h1-8,15-16H,9-14H2,(H,25,29)(H,26,27,28). The molecule has 0 bridgehead atoms. The van der Waals surface area contributed by atoms with E-state index in [0.29, 0.717) is 11.6 Å². The summed E-state index contributed by atoms with van der Waals surface area (Å²) in [7, 11) is 0. The van der Waals surface area contributed by atoms with Gasteiger partial charge in [-0.3, -0.25) is 9.89 Å². The highest BCUT2D eigenvalue weighted by Crippen LogP contribution is 2.25. The number of benzene rings is 2. The average Bonchev–Trinajstić information content (AvgIpc) is 3.30. The lowest BCUT2D eigenvalue weighted by molar-refractivity contribution is 0.122. The second-order valence-electron chi connectivity index (χ2n) is 7.49. The Kier molecular flexibility index (Phi) is 6.04. The first-order valence-corrected chi connectivity index (χ1v) is 11.0. The van der Waals surface area contributed by atoms with Gasteiger partial charge in [0.25, 0.3) is 0 Å². The van der Waals surface area contributed by atoms with Crippen LogP contribution in [0, 0.1) is 0 Å². The Morgan fingerprint density at radius 2 is 1.72 bits per heavy atom. The zero-order valence-corrected chi connectivity index (χ0v) is 18.3. The van der Waals surface area contributed by atoms with Crippen LogP contribution in [0.15, 0.2) is 65.9 Å². The first-order valence-electron chi connectivity index (χ1n) is 10.6. The number of nitrogens with one attached hydrogen (secondary N) is 2. The van der Waals surface area contributed by atoms with E-state index in [1.165, 1.54) is 5.69 Å². The number of ether oxygens (including phenoxy) is 1. The molecule has 3 aromatic rings. The van der Waals surface area contributed by atoms with E-state index in [0.717, 1.165) is 61.8 Å². The summed E-state index contributed by atoms with van der Waals surface area (Å²) in [5.41, 5.74) is 2.98. The van der Waals surface area contributed by atoms with Crippen molar-refractivity contribution in [2.24, 2.45) is 4.99 Å². The molecule has 2 aromatic carbocycles. The van der Waals surface area contributed by atoms with Crippen molar-refractivity contribution in [3.05, 3.63) is 65.9 Å². The summed E-state index contributed by atoms with van der Waals surface area (Å²) in [6, 6.07) is 17.9. The summed E-state index contributed by atoms with van der Waals surface area (Å²) in [6.07, 6.45) is 1.56. The van der Waals surface area contributed by atoms with E-state index >= 15 is 0 Å². The van der Waals surface area contributed by atoms with Crippen molar-refractivity contribution in [3.63, 3.8) is 0 Å². The molecule has 5 rings (SSSR count). The Morgan fingerprint density at radius 1 is 0.906 bits per heavy atom. The number of morpholine rings is 1. The summed E-state index contributed by atoms with van der Waals surface area (Å²) in [4.78, 5) is 17.8. The molecule has 2 aliphatic heterocycles. The number of halogens is 1. The van der Waals surface area contributed by atoms with Crippen molar-refractivity contribution in [1.82, 2.24) is 9.97 Å². The molecule has 8 nitrogen and oxygen atoms in total. The largest absolute Gasteiger partial charge is 0.378 e. The minimum Gasteiger partial charge on any atom is -0.378 e. The highest BCUT2D eigenvalue weighted by Gasteiger charge is 2.21. The van der Waals surface area contributed by atoms with Crippen LogP contribution in [0.5, 0.6) is 0 Å². The van der Waals surface area contributed by atoms with E-state index in [2.05, 4.69) is 54.8 Å². The molecule has 1 saturated heterocycles. The van der Waals surface area contributed by atoms with E-state index < -0.39 is 0 Å². The fourth-order valence-corrected chi connectivity index (χ4v) is 3.93. The zero-order chi connectivity index (χ0) is 21.8. The maximum absolute atomic E-state index is 6.29. The van der Waals surface area contributed by atoms with Crippen LogP contribution in [0.2, 0.25) is 5.02 Å². The third kappa shape index (κ3) is 4.61. The monoisotopic (exact) mass is 449 g/mol. The van der Waals surface area contributed by atoms with Gasteiger partial charge in [-0.15, -0.1) is 0 Å². The van der Waals surface area contributed by atoms with Crippen LogP contribution >= 0.6 is 11.6 Å². The van der Waals surface area contributed by atoms with Gasteiger partial charge in [0.1, 0.15) is 18.0 Å². The summed E-state index contributed by atoms with van der Waals surface area (Å²) >= 11 is 6.29. The molecule has 0 spiro atoms. The molecule has 9 heteroatoms. The molecular weight excluding hydrogens is 426 g/mol. The van der Waals surface area contributed by atoms with Crippen molar-refractivity contribution >= 4 is 46.3 Å². The van der Waals surface area contributed by atoms with Gasteiger partial charge >= 0.3 is 0 Å². The molecule has 3 heterocycles. The van der Waals surface area contributed by atoms with Crippen molar-refractivity contribution in [2.75, 3.05) is 59.8 Å². The molecule has 0 saturated carbocycles. The van der Waals surface area contributed by atoms with Gasteiger partial charge in [-0.2, -0.15) is 0 Å². The van der Waals surface area contributed by atoms with E-state index in [9.17, 15) is 0 Å².